The second-order valence-electron chi connectivity index (χ2n) is 5.87. The second kappa shape index (κ2) is 8.34. The van der Waals surface area contributed by atoms with E-state index in [0.29, 0.717) is 31.5 Å². The molecule has 1 fully saturated rings. The third-order valence-electron chi connectivity index (χ3n) is 3.88. The lowest BCUT2D eigenvalue weighted by Gasteiger charge is -2.33. The molecule has 8 heteroatoms. The first-order chi connectivity index (χ1) is 11.4. The summed E-state index contributed by atoms with van der Waals surface area (Å²) in [7, 11) is 0. The molecule has 0 atom stereocenters. The minimum absolute atomic E-state index is 0.0882. The first-order valence-corrected chi connectivity index (χ1v) is 7.92. The van der Waals surface area contributed by atoms with E-state index < -0.39 is 12.7 Å². The van der Waals surface area contributed by atoms with Gasteiger partial charge in [-0.05, 0) is 31.0 Å². The quantitative estimate of drug-likeness (QED) is 0.736. The molecule has 0 aliphatic carbocycles. The summed E-state index contributed by atoms with van der Waals surface area (Å²) in [6, 6.07) is 7.03. The normalized spacial score (nSPS) is 16.8. The number of alkyl halides is 3. The van der Waals surface area contributed by atoms with Crippen LogP contribution < -0.4 is 10.6 Å². The van der Waals surface area contributed by atoms with E-state index in [1.807, 2.05) is 6.07 Å². The van der Waals surface area contributed by atoms with Crippen LogP contribution in [0.4, 0.5) is 18.9 Å². The van der Waals surface area contributed by atoms with E-state index in [4.69, 9.17) is 5.11 Å². The molecule has 1 saturated heterocycles. The Kier molecular flexibility index (Phi) is 6.44. The molecule has 0 spiro atoms. The number of halogens is 3. The van der Waals surface area contributed by atoms with Crippen LogP contribution in [0.5, 0.6) is 0 Å². The fourth-order valence-corrected chi connectivity index (χ4v) is 2.75. The molecule has 0 unspecified atom stereocenters. The van der Waals surface area contributed by atoms with Gasteiger partial charge in [-0.25, -0.2) is 0 Å². The molecular formula is C16H22F3N3O2. The third-order valence-corrected chi connectivity index (χ3v) is 3.88. The summed E-state index contributed by atoms with van der Waals surface area (Å²) in [5.74, 6) is -0.271. The summed E-state index contributed by atoms with van der Waals surface area (Å²) in [6.45, 7) is -0.00369. The molecule has 134 valence electrons. The van der Waals surface area contributed by atoms with Gasteiger partial charge in [-0.15, -0.1) is 0 Å². The Labute approximate surface area is 138 Å². The number of anilines is 1. The molecule has 1 heterocycles. The Balaban J connectivity index is 1.85. The summed E-state index contributed by atoms with van der Waals surface area (Å²) in [5.41, 5.74) is 1.24. The molecule has 5 nitrogen and oxygen atoms in total. The van der Waals surface area contributed by atoms with Gasteiger partial charge in [-0.2, -0.15) is 13.2 Å². The van der Waals surface area contributed by atoms with Crippen LogP contribution in [-0.4, -0.2) is 60.9 Å². The van der Waals surface area contributed by atoms with Gasteiger partial charge in [0.1, 0.15) is 0 Å². The van der Waals surface area contributed by atoms with Gasteiger partial charge in [0.15, 0.2) is 0 Å². The van der Waals surface area contributed by atoms with E-state index >= 15 is 0 Å². The number of aliphatic hydroxyl groups excluding tert-OH is 1. The molecule has 3 N–H and O–H groups in total. The first kappa shape index (κ1) is 18.5. The number of likely N-dealkylation sites (tertiary alicyclic amines) is 1. The van der Waals surface area contributed by atoms with Crippen molar-refractivity contribution in [3.63, 3.8) is 0 Å². The van der Waals surface area contributed by atoms with Crippen LogP contribution in [0.15, 0.2) is 24.3 Å². The predicted octanol–water partition coefficient (Wildman–Crippen LogP) is 1.85. The zero-order valence-electron chi connectivity index (χ0n) is 13.3. The third kappa shape index (κ3) is 6.01. The summed E-state index contributed by atoms with van der Waals surface area (Å²) in [6.07, 6.45) is -2.91. The molecule has 1 amide bonds. The molecule has 0 aromatic heterocycles. The van der Waals surface area contributed by atoms with E-state index in [1.165, 1.54) is 4.90 Å². The highest BCUT2D eigenvalue weighted by Gasteiger charge is 2.32. The Hall–Kier alpha value is -1.80. The van der Waals surface area contributed by atoms with Crippen LogP contribution in [0.25, 0.3) is 0 Å². The standard InChI is InChI=1S/C16H22F3N3O2/c17-16(18,19)11-22-7-4-13(5-8-22)21-14-3-1-2-12(10-14)15(24)20-6-9-23/h1-3,10,13,21,23H,4-9,11H2,(H,20,24). The molecular weight excluding hydrogens is 323 g/mol. The molecule has 0 saturated carbocycles. The van der Waals surface area contributed by atoms with Crippen LogP contribution in [0.3, 0.4) is 0 Å². The van der Waals surface area contributed by atoms with Gasteiger partial charge in [-0.1, -0.05) is 6.07 Å². The van der Waals surface area contributed by atoms with Crippen LogP contribution in [0, 0.1) is 0 Å². The molecule has 2 rings (SSSR count). The summed E-state index contributed by atoms with van der Waals surface area (Å²) >= 11 is 0. The highest BCUT2D eigenvalue weighted by Crippen LogP contribution is 2.22. The smallest absolute Gasteiger partial charge is 0.395 e. The zero-order chi connectivity index (χ0) is 17.6. The molecule has 24 heavy (non-hydrogen) atoms. The van der Waals surface area contributed by atoms with Gasteiger partial charge in [-0.3, -0.25) is 9.69 Å². The summed E-state index contributed by atoms with van der Waals surface area (Å²) in [4.78, 5) is 13.3. The van der Waals surface area contributed by atoms with E-state index in [0.717, 1.165) is 5.69 Å². The lowest BCUT2D eigenvalue weighted by Crippen LogP contribution is -2.43. The number of piperidine rings is 1. The monoisotopic (exact) mass is 345 g/mol. The number of amides is 1. The molecule has 1 aliphatic rings. The van der Waals surface area contributed by atoms with Crippen LogP contribution in [-0.2, 0) is 0 Å². The maximum Gasteiger partial charge on any atom is 0.401 e. The van der Waals surface area contributed by atoms with Gasteiger partial charge in [0.05, 0.1) is 13.2 Å². The molecule has 0 bridgehead atoms. The highest BCUT2D eigenvalue weighted by molar-refractivity contribution is 5.95. The van der Waals surface area contributed by atoms with Crippen LogP contribution in [0.2, 0.25) is 0 Å². The van der Waals surface area contributed by atoms with Gasteiger partial charge >= 0.3 is 6.18 Å². The number of hydrogen-bond acceptors (Lipinski definition) is 4. The van der Waals surface area contributed by atoms with E-state index in [9.17, 15) is 18.0 Å². The van der Waals surface area contributed by atoms with Crippen molar-refractivity contribution in [2.24, 2.45) is 0 Å². The zero-order valence-corrected chi connectivity index (χ0v) is 13.3. The Morgan fingerprint density at radius 1 is 1.29 bits per heavy atom. The van der Waals surface area contributed by atoms with E-state index in [-0.39, 0.29) is 25.1 Å². The van der Waals surface area contributed by atoms with Crippen LogP contribution in [0.1, 0.15) is 23.2 Å². The number of nitrogens with zero attached hydrogens (tertiary/aromatic N) is 1. The largest absolute Gasteiger partial charge is 0.401 e. The van der Waals surface area contributed by atoms with Crippen molar-refractivity contribution in [3.05, 3.63) is 29.8 Å². The van der Waals surface area contributed by atoms with E-state index in [2.05, 4.69) is 10.6 Å². The van der Waals surface area contributed by atoms with Crippen molar-refractivity contribution >= 4 is 11.6 Å². The SMILES string of the molecule is O=C(NCCO)c1cccc(NC2CCN(CC(F)(F)F)CC2)c1. The molecule has 1 aromatic carbocycles. The van der Waals surface area contributed by atoms with Crippen molar-refractivity contribution in [2.45, 2.75) is 25.1 Å². The fourth-order valence-electron chi connectivity index (χ4n) is 2.75. The minimum Gasteiger partial charge on any atom is -0.395 e. The number of nitrogens with one attached hydrogen (secondary N) is 2. The lowest BCUT2D eigenvalue weighted by molar-refractivity contribution is -0.147. The molecule has 0 radical (unpaired) electrons. The number of benzene rings is 1. The number of hydrogen-bond donors (Lipinski definition) is 3. The summed E-state index contributed by atoms with van der Waals surface area (Å²) in [5, 5.41) is 14.6. The number of rotatable bonds is 6. The van der Waals surface area contributed by atoms with Crippen molar-refractivity contribution < 1.29 is 23.1 Å². The topological polar surface area (TPSA) is 64.6 Å². The maximum atomic E-state index is 12.4. The first-order valence-electron chi connectivity index (χ1n) is 7.92. The molecule has 1 aliphatic heterocycles. The van der Waals surface area contributed by atoms with E-state index in [1.54, 1.807) is 18.2 Å². The highest BCUT2D eigenvalue weighted by atomic mass is 19.4. The predicted molar refractivity (Wildman–Crippen MR) is 85.0 cm³/mol. The lowest BCUT2D eigenvalue weighted by atomic mass is 10.0. The van der Waals surface area contributed by atoms with Gasteiger partial charge < -0.3 is 15.7 Å². The number of carbonyl (C=O) groups excluding carboxylic acids is 1. The summed E-state index contributed by atoms with van der Waals surface area (Å²) < 4.78 is 37.1. The average molecular weight is 345 g/mol. The second-order valence-corrected chi connectivity index (χ2v) is 5.87. The van der Waals surface area contributed by atoms with Crippen molar-refractivity contribution in [3.8, 4) is 0 Å². The average Bonchev–Trinajstić information content (AvgIpc) is 2.53. The van der Waals surface area contributed by atoms with Crippen molar-refractivity contribution in [1.82, 2.24) is 10.2 Å². The Morgan fingerprint density at radius 3 is 2.62 bits per heavy atom. The van der Waals surface area contributed by atoms with Gasteiger partial charge in [0, 0.05) is 36.9 Å². The fraction of sp³-hybridized carbons (Fsp3) is 0.562. The number of carbonyl (C=O) groups is 1. The van der Waals surface area contributed by atoms with Gasteiger partial charge in [0.25, 0.3) is 5.91 Å². The minimum atomic E-state index is -4.16. The van der Waals surface area contributed by atoms with Gasteiger partial charge in [0.2, 0.25) is 0 Å². The van der Waals surface area contributed by atoms with Crippen molar-refractivity contribution in [2.75, 3.05) is 38.1 Å². The molecule has 1 aromatic rings. The van der Waals surface area contributed by atoms with Crippen molar-refractivity contribution in [1.29, 1.82) is 0 Å². The Bertz CT molecular complexity index is 544. The Morgan fingerprint density at radius 2 is 2.00 bits per heavy atom. The number of aliphatic hydroxyl groups is 1. The maximum absolute atomic E-state index is 12.4. The van der Waals surface area contributed by atoms with Crippen LogP contribution >= 0.6 is 0 Å².